The maximum atomic E-state index is 13.1. The highest BCUT2D eigenvalue weighted by Gasteiger charge is 2.30. The maximum Gasteiger partial charge on any atom is 0.472 e. The molecule has 3 N–H and O–H groups in total. The second kappa shape index (κ2) is 76.6. The molecule has 0 saturated carbocycles. The summed E-state index contributed by atoms with van der Waals surface area (Å²) in [5.41, 5.74) is 0. The van der Waals surface area contributed by atoms with Crippen molar-refractivity contribution >= 4 is 39.5 Å². The van der Waals surface area contributed by atoms with Crippen LogP contribution in [0.5, 0.6) is 0 Å². The Labute approximate surface area is 632 Å². The van der Waals surface area contributed by atoms with Crippen molar-refractivity contribution in [1.82, 2.24) is 0 Å². The van der Waals surface area contributed by atoms with E-state index in [0.29, 0.717) is 25.7 Å². The van der Waals surface area contributed by atoms with Crippen LogP contribution in [0.3, 0.4) is 0 Å². The summed E-state index contributed by atoms with van der Waals surface area (Å²) in [7, 11) is -9.97. The van der Waals surface area contributed by atoms with Crippen LogP contribution in [0.4, 0.5) is 0 Å². The zero-order valence-corrected chi connectivity index (χ0v) is 67.2. The smallest absolute Gasteiger partial charge is 0.462 e. The van der Waals surface area contributed by atoms with Gasteiger partial charge in [0.05, 0.1) is 26.4 Å². The Morgan fingerprint density at radius 2 is 0.500 bits per heavy atom. The van der Waals surface area contributed by atoms with E-state index < -0.39 is 97.5 Å². The van der Waals surface area contributed by atoms with E-state index in [4.69, 9.17) is 37.0 Å². The molecular formula is C85H146O17P2. The molecule has 5 atom stereocenters. The third-order valence-corrected chi connectivity index (χ3v) is 18.8. The molecule has 0 fully saturated rings. The van der Waals surface area contributed by atoms with Gasteiger partial charge >= 0.3 is 39.5 Å². The lowest BCUT2D eigenvalue weighted by atomic mass is 10.1. The fourth-order valence-corrected chi connectivity index (χ4v) is 12.4. The lowest BCUT2D eigenvalue weighted by Crippen LogP contribution is -2.30. The van der Waals surface area contributed by atoms with Crippen LogP contribution in [0, 0.1) is 0 Å². The number of rotatable bonds is 76. The highest BCUT2D eigenvalue weighted by molar-refractivity contribution is 7.47. The highest BCUT2D eigenvalue weighted by atomic mass is 31.2. The van der Waals surface area contributed by atoms with Gasteiger partial charge in [0, 0.05) is 25.7 Å². The number of carbonyl (C=O) groups excluding carboxylic acids is 4. The summed E-state index contributed by atoms with van der Waals surface area (Å²) in [4.78, 5) is 73.1. The molecule has 0 aliphatic rings. The molecular weight excluding hydrogens is 1350 g/mol. The van der Waals surface area contributed by atoms with E-state index in [0.717, 1.165) is 218 Å². The van der Waals surface area contributed by atoms with Crippen molar-refractivity contribution in [3.05, 3.63) is 122 Å². The Balaban J connectivity index is 5.38. The first-order valence-corrected chi connectivity index (χ1v) is 43.8. The fourth-order valence-electron chi connectivity index (χ4n) is 10.8. The second-order valence-electron chi connectivity index (χ2n) is 26.9. The average molecular weight is 1500 g/mol. The van der Waals surface area contributed by atoms with Crippen LogP contribution in [0.2, 0.25) is 0 Å². The summed E-state index contributed by atoms with van der Waals surface area (Å²) in [5, 5.41) is 10.7. The number of hydrogen-bond acceptors (Lipinski definition) is 15. The van der Waals surface area contributed by atoms with Crippen molar-refractivity contribution in [2.45, 2.75) is 354 Å². The topological polar surface area (TPSA) is 237 Å². The van der Waals surface area contributed by atoms with Gasteiger partial charge in [0.2, 0.25) is 0 Å². The number of phosphoric ester groups is 2. The van der Waals surface area contributed by atoms with Crippen LogP contribution in [-0.2, 0) is 65.4 Å². The number of carbonyl (C=O) groups is 4. The van der Waals surface area contributed by atoms with E-state index >= 15 is 0 Å². The van der Waals surface area contributed by atoms with E-state index in [1.165, 1.54) is 38.5 Å². The number of allylic oxidation sites excluding steroid dienone is 20. The molecule has 5 unspecified atom stereocenters. The lowest BCUT2D eigenvalue weighted by molar-refractivity contribution is -0.161. The Morgan fingerprint density at radius 3 is 0.779 bits per heavy atom. The Morgan fingerprint density at radius 1 is 0.279 bits per heavy atom. The Kier molecular flexibility index (Phi) is 73.3. The van der Waals surface area contributed by atoms with Gasteiger partial charge in [-0.15, -0.1) is 0 Å². The molecule has 0 saturated heterocycles. The number of ether oxygens (including phenoxy) is 4. The summed E-state index contributed by atoms with van der Waals surface area (Å²) in [6.45, 7) is 4.52. The maximum absolute atomic E-state index is 13.1. The molecule has 0 heterocycles. The van der Waals surface area contributed by atoms with Crippen LogP contribution in [-0.4, -0.2) is 96.7 Å². The van der Waals surface area contributed by atoms with E-state index in [-0.39, 0.29) is 25.7 Å². The number of aliphatic hydroxyl groups excluding tert-OH is 1. The van der Waals surface area contributed by atoms with Gasteiger partial charge in [0.1, 0.15) is 19.3 Å². The SMILES string of the molecule is CC/C=C\C/C=C\C/C=C\CCCCCCCCCC(=O)OCC(COP(=O)(O)OCC(O)COP(=O)(O)OCC(COC(=O)CCCCCCCCC/C=C\C/C=C\C/C=C\CC)OC(=O)CCCCCCC/C=C\CCCCCCCC)OC(=O)CCCCCCC/C=C\C/C=C\C/C=C\CC. The summed E-state index contributed by atoms with van der Waals surface area (Å²) < 4.78 is 68.7. The molecule has 17 nitrogen and oxygen atoms in total. The van der Waals surface area contributed by atoms with Crippen molar-refractivity contribution in [3.8, 4) is 0 Å². The van der Waals surface area contributed by atoms with E-state index in [9.17, 15) is 43.2 Å². The number of hydrogen-bond donors (Lipinski definition) is 3. The van der Waals surface area contributed by atoms with Crippen LogP contribution < -0.4 is 0 Å². The van der Waals surface area contributed by atoms with E-state index in [1.807, 2.05) is 0 Å². The zero-order chi connectivity index (χ0) is 76.0. The largest absolute Gasteiger partial charge is 0.472 e. The standard InChI is InChI=1S/C85H146O17P2/c1-5-9-13-17-21-25-29-33-37-39-43-45-49-53-57-61-65-69-82(87)95-75-80(101-84(89)71-67-63-59-55-51-47-41-35-31-27-23-19-15-11-7-3)77-99-103(91,92)97-73-79(86)74-98-104(93,94)100-78-81(102-85(90)72-68-64-60-56-52-48-42-36-32-28-24-20-16-12-8-4)76-96-83(88)70-66-62-58-54-50-46-44-40-38-34-30-26-22-18-14-10-6-2/h9-11,13-15,21-23,25-27,33-38,41-42,79-81,86H,5-8,12,16-20,24,28-32,39-40,43-78H2,1-4H3,(H,91,92)(H,93,94)/b13-9-,14-10-,15-11-,25-21-,26-22-,27-23-,37-33-,38-34-,41-35-,42-36-. The molecule has 0 aromatic heterocycles. The van der Waals surface area contributed by atoms with Crippen molar-refractivity contribution in [2.75, 3.05) is 39.6 Å². The fraction of sp³-hybridized carbons (Fsp3) is 0.718. The second-order valence-corrected chi connectivity index (χ2v) is 29.8. The minimum atomic E-state index is -4.99. The molecule has 598 valence electrons. The Hall–Kier alpha value is -4.54. The molecule has 104 heavy (non-hydrogen) atoms. The van der Waals surface area contributed by atoms with Gasteiger partial charge in [-0.05, 0) is 148 Å². The molecule has 0 bridgehead atoms. The summed E-state index contributed by atoms with van der Waals surface area (Å²) >= 11 is 0. The summed E-state index contributed by atoms with van der Waals surface area (Å²) in [6.07, 6.45) is 84.5. The van der Waals surface area contributed by atoms with Gasteiger partial charge in [0.15, 0.2) is 12.2 Å². The average Bonchev–Trinajstić information content (AvgIpc) is 0.937. The first kappa shape index (κ1) is 99.5. The number of esters is 4. The zero-order valence-electron chi connectivity index (χ0n) is 65.4. The lowest BCUT2D eigenvalue weighted by Gasteiger charge is -2.21. The molecule has 0 aliphatic carbocycles. The first-order valence-electron chi connectivity index (χ1n) is 40.8. The monoisotopic (exact) mass is 1500 g/mol. The molecule has 0 aromatic carbocycles. The minimum absolute atomic E-state index is 0.0713. The van der Waals surface area contributed by atoms with Crippen LogP contribution in [0.1, 0.15) is 336 Å². The molecule has 0 aliphatic heterocycles. The van der Waals surface area contributed by atoms with Crippen molar-refractivity contribution < 1.29 is 80.2 Å². The van der Waals surface area contributed by atoms with Gasteiger partial charge in [0.25, 0.3) is 0 Å². The highest BCUT2D eigenvalue weighted by Crippen LogP contribution is 2.45. The predicted octanol–water partition coefficient (Wildman–Crippen LogP) is 23.9. The van der Waals surface area contributed by atoms with Crippen molar-refractivity contribution in [1.29, 1.82) is 0 Å². The van der Waals surface area contributed by atoms with Crippen molar-refractivity contribution in [2.24, 2.45) is 0 Å². The van der Waals surface area contributed by atoms with Crippen molar-refractivity contribution in [3.63, 3.8) is 0 Å². The van der Waals surface area contributed by atoms with Gasteiger partial charge < -0.3 is 33.8 Å². The van der Waals surface area contributed by atoms with Gasteiger partial charge in [-0.1, -0.05) is 284 Å². The quantitative estimate of drug-likeness (QED) is 0.0169. The minimum Gasteiger partial charge on any atom is -0.462 e. The molecule has 0 spiro atoms. The molecule has 0 aromatic rings. The van der Waals surface area contributed by atoms with Crippen LogP contribution in [0.15, 0.2) is 122 Å². The number of aliphatic hydroxyl groups is 1. The normalized spacial score (nSPS) is 14.5. The van der Waals surface area contributed by atoms with Crippen LogP contribution in [0.25, 0.3) is 0 Å². The predicted molar refractivity (Wildman–Crippen MR) is 427 cm³/mol. The van der Waals surface area contributed by atoms with E-state index in [2.05, 4.69) is 149 Å². The molecule has 19 heteroatoms. The van der Waals surface area contributed by atoms with Gasteiger partial charge in [-0.2, -0.15) is 0 Å². The first-order chi connectivity index (χ1) is 50.7. The number of phosphoric acid groups is 2. The number of unbranched alkanes of at least 4 members (excludes halogenated alkanes) is 30. The third kappa shape index (κ3) is 75.7. The van der Waals surface area contributed by atoms with Gasteiger partial charge in [-0.3, -0.25) is 37.3 Å². The molecule has 0 rings (SSSR count). The molecule has 0 amide bonds. The van der Waals surface area contributed by atoms with Gasteiger partial charge in [-0.25, -0.2) is 9.13 Å². The van der Waals surface area contributed by atoms with E-state index in [1.54, 1.807) is 0 Å². The summed E-state index contributed by atoms with van der Waals surface area (Å²) in [6, 6.07) is 0. The molecule has 0 radical (unpaired) electrons. The summed E-state index contributed by atoms with van der Waals surface area (Å²) in [5.74, 6) is -2.21. The Bertz CT molecular complexity index is 2440. The van der Waals surface area contributed by atoms with Crippen LogP contribution >= 0.6 is 15.6 Å². The third-order valence-electron chi connectivity index (χ3n) is 16.9.